The molecule has 0 radical (unpaired) electrons. The topological polar surface area (TPSA) is 120 Å². The van der Waals surface area contributed by atoms with E-state index in [1.165, 1.54) is 31.3 Å². The number of likely N-dealkylation sites (tertiary alicyclic amines) is 1. The average Bonchev–Trinajstić information content (AvgIpc) is 3.70. The molecule has 10 heteroatoms. The number of ether oxygens (including phenoxy) is 3. The Morgan fingerprint density at radius 3 is 2.55 bits per heavy atom. The number of hydrogen-bond donors (Lipinski definition) is 1. The number of unbranched alkanes of at least 4 members (excludes halogenated alkanes) is 1. The summed E-state index contributed by atoms with van der Waals surface area (Å²) in [5.41, 5.74) is 1.04. The van der Waals surface area contributed by atoms with E-state index in [-0.39, 0.29) is 37.1 Å². The van der Waals surface area contributed by atoms with Gasteiger partial charge >= 0.3 is 5.97 Å². The first-order valence-corrected chi connectivity index (χ1v) is 14.7. The molecule has 226 valence electrons. The fourth-order valence-corrected chi connectivity index (χ4v) is 5.06. The monoisotopic (exact) mass is 578 g/mol. The molecule has 2 aromatic rings. The SMILES string of the molecule is CCC(=O)NC(C(=O)N1CC(Oc2nc3cc(OC)ccc3nc2C#CCCCC2CC2)CC1C(=O)OC)C(C)(C)C. The summed E-state index contributed by atoms with van der Waals surface area (Å²) >= 11 is 0. The molecule has 1 saturated carbocycles. The van der Waals surface area contributed by atoms with Crippen molar-refractivity contribution in [2.75, 3.05) is 20.8 Å². The van der Waals surface area contributed by atoms with Gasteiger partial charge in [0.05, 0.1) is 31.8 Å². The number of methoxy groups -OCH3 is 2. The minimum Gasteiger partial charge on any atom is -0.497 e. The summed E-state index contributed by atoms with van der Waals surface area (Å²) in [5, 5.41) is 2.83. The van der Waals surface area contributed by atoms with Crippen molar-refractivity contribution in [3.63, 3.8) is 0 Å². The minimum atomic E-state index is -0.874. The molecule has 2 fully saturated rings. The third-order valence-corrected chi connectivity index (χ3v) is 7.69. The van der Waals surface area contributed by atoms with Crippen LogP contribution in [-0.4, -0.2) is 71.6 Å². The van der Waals surface area contributed by atoms with Gasteiger partial charge in [0.2, 0.25) is 17.7 Å². The van der Waals surface area contributed by atoms with Crippen molar-refractivity contribution < 1.29 is 28.6 Å². The van der Waals surface area contributed by atoms with E-state index in [4.69, 9.17) is 24.2 Å². The number of amides is 2. The van der Waals surface area contributed by atoms with Crippen molar-refractivity contribution in [3.8, 4) is 23.5 Å². The fraction of sp³-hybridized carbons (Fsp3) is 0.594. The predicted octanol–water partition coefficient (Wildman–Crippen LogP) is 4.03. The van der Waals surface area contributed by atoms with Crippen molar-refractivity contribution in [2.45, 2.75) is 90.8 Å². The van der Waals surface area contributed by atoms with Gasteiger partial charge in [-0.2, -0.15) is 0 Å². The summed E-state index contributed by atoms with van der Waals surface area (Å²) in [4.78, 5) is 49.8. The van der Waals surface area contributed by atoms with E-state index < -0.39 is 29.6 Å². The molecular weight excluding hydrogens is 536 g/mol. The van der Waals surface area contributed by atoms with Crippen LogP contribution in [0.25, 0.3) is 11.0 Å². The number of hydrogen-bond acceptors (Lipinski definition) is 8. The number of carbonyl (C=O) groups is 3. The summed E-state index contributed by atoms with van der Waals surface area (Å²) < 4.78 is 16.8. The van der Waals surface area contributed by atoms with Gasteiger partial charge in [-0.1, -0.05) is 46.5 Å². The molecule has 1 saturated heterocycles. The molecular formula is C32H42N4O6. The Kier molecular flexibility index (Phi) is 9.92. The molecule has 2 aliphatic rings. The summed E-state index contributed by atoms with van der Waals surface area (Å²) in [7, 11) is 2.87. The van der Waals surface area contributed by atoms with Crippen molar-refractivity contribution in [3.05, 3.63) is 23.9 Å². The van der Waals surface area contributed by atoms with Crippen molar-refractivity contribution in [1.82, 2.24) is 20.2 Å². The first-order chi connectivity index (χ1) is 20.0. The van der Waals surface area contributed by atoms with Crippen LogP contribution in [0.15, 0.2) is 18.2 Å². The van der Waals surface area contributed by atoms with Crippen LogP contribution in [0.1, 0.15) is 78.3 Å². The number of aromatic nitrogens is 2. The van der Waals surface area contributed by atoms with E-state index in [0.717, 1.165) is 18.8 Å². The quantitative estimate of drug-likeness (QED) is 0.255. The molecule has 0 spiro atoms. The number of benzene rings is 1. The molecule has 1 aromatic carbocycles. The Morgan fingerprint density at radius 1 is 1.14 bits per heavy atom. The van der Waals surface area contributed by atoms with Crippen molar-refractivity contribution in [1.29, 1.82) is 0 Å². The van der Waals surface area contributed by atoms with Crippen LogP contribution in [0.5, 0.6) is 11.6 Å². The van der Waals surface area contributed by atoms with E-state index in [2.05, 4.69) is 17.2 Å². The molecule has 42 heavy (non-hydrogen) atoms. The highest BCUT2D eigenvalue weighted by molar-refractivity contribution is 5.92. The minimum absolute atomic E-state index is 0.110. The largest absolute Gasteiger partial charge is 0.497 e. The Bertz CT molecular complexity index is 1370. The molecule has 3 atom stereocenters. The maximum atomic E-state index is 13.8. The summed E-state index contributed by atoms with van der Waals surface area (Å²) in [5.74, 6) is 6.93. The van der Waals surface area contributed by atoms with Gasteiger partial charge in [0.1, 0.15) is 23.9 Å². The third-order valence-electron chi connectivity index (χ3n) is 7.69. The van der Waals surface area contributed by atoms with Crippen LogP contribution in [0.2, 0.25) is 0 Å². The first kappa shape index (κ1) is 31.1. The average molecular weight is 579 g/mol. The van der Waals surface area contributed by atoms with E-state index in [0.29, 0.717) is 22.5 Å². The van der Waals surface area contributed by atoms with Gasteiger partial charge in [0.15, 0.2) is 5.69 Å². The molecule has 2 amide bonds. The molecule has 3 unspecified atom stereocenters. The van der Waals surface area contributed by atoms with Crippen LogP contribution in [0, 0.1) is 23.2 Å². The summed E-state index contributed by atoms with van der Waals surface area (Å²) in [6, 6.07) is 3.70. The third kappa shape index (κ3) is 7.69. The number of carbonyl (C=O) groups excluding carboxylic acids is 3. The highest BCUT2D eigenvalue weighted by atomic mass is 16.5. The van der Waals surface area contributed by atoms with E-state index in [1.807, 2.05) is 32.9 Å². The smallest absolute Gasteiger partial charge is 0.328 e. The van der Waals surface area contributed by atoms with Gasteiger partial charge in [0, 0.05) is 25.3 Å². The van der Waals surface area contributed by atoms with Crippen LogP contribution >= 0.6 is 0 Å². The van der Waals surface area contributed by atoms with Gasteiger partial charge in [-0.05, 0) is 42.2 Å². The molecule has 4 rings (SSSR count). The number of nitrogens with one attached hydrogen (secondary N) is 1. The maximum absolute atomic E-state index is 13.8. The second-order valence-corrected chi connectivity index (χ2v) is 12.1. The van der Waals surface area contributed by atoms with Gasteiger partial charge < -0.3 is 24.4 Å². The first-order valence-electron chi connectivity index (χ1n) is 14.7. The molecule has 1 aromatic heterocycles. The van der Waals surface area contributed by atoms with Crippen LogP contribution in [0.4, 0.5) is 0 Å². The lowest BCUT2D eigenvalue weighted by atomic mass is 9.85. The van der Waals surface area contributed by atoms with E-state index >= 15 is 0 Å². The lowest BCUT2D eigenvalue weighted by molar-refractivity contribution is -0.153. The lowest BCUT2D eigenvalue weighted by Gasteiger charge is -2.35. The number of rotatable bonds is 10. The summed E-state index contributed by atoms with van der Waals surface area (Å²) in [6.45, 7) is 7.45. The number of esters is 1. The molecule has 2 heterocycles. The van der Waals surface area contributed by atoms with Crippen LogP contribution in [-0.2, 0) is 19.1 Å². The van der Waals surface area contributed by atoms with Gasteiger partial charge in [-0.15, -0.1) is 0 Å². The Morgan fingerprint density at radius 2 is 1.90 bits per heavy atom. The second-order valence-electron chi connectivity index (χ2n) is 12.1. The highest BCUT2D eigenvalue weighted by Gasteiger charge is 2.46. The normalized spacial score (nSPS) is 19.0. The zero-order valence-electron chi connectivity index (χ0n) is 25.5. The molecule has 0 bridgehead atoms. The highest BCUT2D eigenvalue weighted by Crippen LogP contribution is 2.34. The van der Waals surface area contributed by atoms with Crippen molar-refractivity contribution >= 4 is 28.8 Å². The Labute approximate surface area is 247 Å². The standard InChI is InChI=1S/C32H42N4O6/c1-7-27(37)35-28(32(2,3)4)30(38)36-19-22(18-26(36)31(39)41-6)42-29-24(12-10-8-9-11-20-13-14-20)33-23-16-15-21(40-5)17-25(23)34-29/h15-17,20,22,26,28H,7-9,11,13-14,18-19H2,1-6H3,(H,35,37). The maximum Gasteiger partial charge on any atom is 0.328 e. The Balaban J connectivity index is 1.61. The zero-order chi connectivity index (χ0) is 30.4. The number of nitrogens with zero attached hydrogens (tertiary/aromatic N) is 3. The second kappa shape index (κ2) is 13.4. The fourth-order valence-electron chi connectivity index (χ4n) is 5.06. The van der Waals surface area contributed by atoms with Crippen LogP contribution in [0.3, 0.4) is 0 Å². The lowest BCUT2D eigenvalue weighted by Crippen LogP contribution is -2.56. The van der Waals surface area contributed by atoms with Gasteiger partial charge in [-0.25, -0.2) is 14.8 Å². The molecule has 10 nitrogen and oxygen atoms in total. The predicted molar refractivity (Wildman–Crippen MR) is 158 cm³/mol. The zero-order valence-corrected chi connectivity index (χ0v) is 25.5. The summed E-state index contributed by atoms with van der Waals surface area (Å²) in [6.07, 6.45) is 5.48. The Hall–Kier alpha value is -3.87. The van der Waals surface area contributed by atoms with Gasteiger partial charge in [0.25, 0.3) is 0 Å². The van der Waals surface area contributed by atoms with E-state index in [1.54, 1.807) is 20.1 Å². The molecule has 1 aliphatic heterocycles. The molecule has 1 aliphatic carbocycles. The molecule has 1 N–H and O–H groups in total. The van der Waals surface area contributed by atoms with E-state index in [9.17, 15) is 14.4 Å². The number of fused-ring (bicyclic) bond motifs is 1. The van der Waals surface area contributed by atoms with Crippen molar-refractivity contribution in [2.24, 2.45) is 11.3 Å². The van der Waals surface area contributed by atoms with Gasteiger partial charge in [-0.3, -0.25) is 9.59 Å². The van der Waals surface area contributed by atoms with Crippen LogP contribution < -0.4 is 14.8 Å².